The Morgan fingerprint density at radius 1 is 0.871 bits per heavy atom. The summed E-state index contributed by atoms with van der Waals surface area (Å²) in [6.45, 7) is -0.0617. The van der Waals surface area contributed by atoms with Crippen molar-refractivity contribution in [3.05, 3.63) is 84.1 Å². The predicted molar refractivity (Wildman–Crippen MR) is 120 cm³/mol. The van der Waals surface area contributed by atoms with Crippen LogP contribution in [0.3, 0.4) is 0 Å². The Hall–Kier alpha value is -3.73. The van der Waals surface area contributed by atoms with Gasteiger partial charge >= 0.3 is 0 Å². The van der Waals surface area contributed by atoms with Crippen LogP contribution in [0.4, 0.5) is 5.69 Å². The summed E-state index contributed by atoms with van der Waals surface area (Å²) >= 11 is 0. The molecule has 3 aromatic carbocycles. The van der Waals surface area contributed by atoms with Crippen LogP contribution in [-0.4, -0.2) is 12.5 Å². The first kappa shape index (κ1) is 19.2. The molecule has 0 fully saturated rings. The molecule has 4 aromatic rings. The molecule has 1 aliphatic carbocycles. The SMILES string of the molecule is O=C(COc1ccc2oc3c(c2c1)CCCC3)Nc1ccc(Oc2ccccc2)cc1. The first-order valence-corrected chi connectivity index (χ1v) is 10.5. The maximum absolute atomic E-state index is 12.3. The summed E-state index contributed by atoms with van der Waals surface area (Å²) in [5, 5.41) is 3.95. The van der Waals surface area contributed by atoms with Gasteiger partial charge in [-0.2, -0.15) is 0 Å². The third kappa shape index (κ3) is 4.40. The lowest BCUT2D eigenvalue weighted by Crippen LogP contribution is -2.20. The Balaban J connectivity index is 1.18. The highest BCUT2D eigenvalue weighted by atomic mass is 16.5. The van der Waals surface area contributed by atoms with Crippen molar-refractivity contribution < 1.29 is 18.7 Å². The number of hydrogen-bond donors (Lipinski definition) is 1. The van der Waals surface area contributed by atoms with E-state index in [1.807, 2.05) is 60.7 Å². The average molecular weight is 413 g/mol. The van der Waals surface area contributed by atoms with Crippen LogP contribution in [0.2, 0.25) is 0 Å². The first-order valence-electron chi connectivity index (χ1n) is 10.5. The minimum atomic E-state index is -0.217. The van der Waals surface area contributed by atoms with Crippen LogP contribution < -0.4 is 14.8 Å². The molecule has 5 rings (SSSR count). The van der Waals surface area contributed by atoms with E-state index in [0.717, 1.165) is 35.3 Å². The Morgan fingerprint density at radius 2 is 1.61 bits per heavy atom. The van der Waals surface area contributed by atoms with E-state index in [1.54, 1.807) is 12.1 Å². The number of hydrogen-bond acceptors (Lipinski definition) is 4. The average Bonchev–Trinajstić information content (AvgIpc) is 3.18. The minimum absolute atomic E-state index is 0.0617. The van der Waals surface area contributed by atoms with Gasteiger partial charge in [0.1, 0.15) is 28.6 Å². The topological polar surface area (TPSA) is 60.7 Å². The lowest BCUT2D eigenvalue weighted by molar-refractivity contribution is -0.118. The third-order valence-corrected chi connectivity index (χ3v) is 5.41. The van der Waals surface area contributed by atoms with Crippen molar-refractivity contribution >= 4 is 22.6 Å². The molecule has 5 heteroatoms. The zero-order valence-corrected chi connectivity index (χ0v) is 17.1. The smallest absolute Gasteiger partial charge is 0.262 e. The van der Waals surface area contributed by atoms with Crippen molar-refractivity contribution in [1.82, 2.24) is 0 Å². The molecule has 0 aliphatic heterocycles. The van der Waals surface area contributed by atoms with Gasteiger partial charge in [-0.25, -0.2) is 0 Å². The molecule has 0 unspecified atom stereocenters. The minimum Gasteiger partial charge on any atom is -0.484 e. The molecule has 1 heterocycles. The molecule has 0 saturated heterocycles. The number of para-hydroxylation sites is 1. The highest BCUT2D eigenvalue weighted by molar-refractivity contribution is 5.92. The summed E-state index contributed by atoms with van der Waals surface area (Å²) in [5.74, 6) is 3.02. The van der Waals surface area contributed by atoms with E-state index in [9.17, 15) is 4.79 Å². The highest BCUT2D eigenvalue weighted by Gasteiger charge is 2.18. The van der Waals surface area contributed by atoms with Crippen molar-refractivity contribution in [2.24, 2.45) is 0 Å². The molecule has 1 N–H and O–H groups in total. The summed E-state index contributed by atoms with van der Waals surface area (Å²) in [6, 6.07) is 22.6. The van der Waals surface area contributed by atoms with Crippen molar-refractivity contribution in [3.63, 3.8) is 0 Å². The van der Waals surface area contributed by atoms with Gasteiger partial charge < -0.3 is 19.2 Å². The number of furan rings is 1. The number of rotatable bonds is 6. The number of amides is 1. The Labute approximate surface area is 180 Å². The van der Waals surface area contributed by atoms with Gasteiger partial charge in [0, 0.05) is 23.1 Å². The number of nitrogens with one attached hydrogen (secondary N) is 1. The number of ether oxygens (including phenoxy) is 2. The lowest BCUT2D eigenvalue weighted by atomic mass is 9.96. The third-order valence-electron chi connectivity index (χ3n) is 5.41. The molecular formula is C26H23NO4. The predicted octanol–water partition coefficient (Wildman–Crippen LogP) is 6.12. The van der Waals surface area contributed by atoms with Crippen LogP contribution >= 0.6 is 0 Å². The van der Waals surface area contributed by atoms with Crippen molar-refractivity contribution in [3.8, 4) is 17.2 Å². The quantitative estimate of drug-likeness (QED) is 0.414. The van der Waals surface area contributed by atoms with E-state index in [1.165, 1.54) is 18.4 Å². The summed E-state index contributed by atoms with van der Waals surface area (Å²) < 4.78 is 17.5. The second-order valence-corrected chi connectivity index (χ2v) is 7.65. The van der Waals surface area contributed by atoms with Gasteiger partial charge in [-0.3, -0.25) is 4.79 Å². The van der Waals surface area contributed by atoms with Gasteiger partial charge in [0.25, 0.3) is 5.91 Å². The van der Waals surface area contributed by atoms with Crippen LogP contribution in [-0.2, 0) is 17.6 Å². The zero-order chi connectivity index (χ0) is 21.0. The van der Waals surface area contributed by atoms with Crippen molar-refractivity contribution in [1.29, 1.82) is 0 Å². The van der Waals surface area contributed by atoms with E-state index in [-0.39, 0.29) is 12.5 Å². The number of carbonyl (C=O) groups excluding carboxylic acids is 1. The van der Waals surface area contributed by atoms with Gasteiger partial charge in [0.15, 0.2) is 6.61 Å². The highest BCUT2D eigenvalue weighted by Crippen LogP contribution is 2.34. The monoisotopic (exact) mass is 413 g/mol. The fraction of sp³-hybridized carbons (Fsp3) is 0.192. The largest absolute Gasteiger partial charge is 0.484 e. The van der Waals surface area contributed by atoms with Crippen LogP contribution in [0.25, 0.3) is 11.0 Å². The molecule has 0 spiro atoms. The maximum Gasteiger partial charge on any atom is 0.262 e. The van der Waals surface area contributed by atoms with E-state index < -0.39 is 0 Å². The molecule has 1 aliphatic rings. The summed E-state index contributed by atoms with van der Waals surface area (Å²) in [7, 11) is 0. The molecule has 0 saturated carbocycles. The molecule has 5 nitrogen and oxygen atoms in total. The van der Waals surface area contributed by atoms with Gasteiger partial charge in [-0.1, -0.05) is 18.2 Å². The van der Waals surface area contributed by atoms with Crippen LogP contribution in [0.1, 0.15) is 24.2 Å². The first-order chi connectivity index (χ1) is 15.2. The fourth-order valence-electron chi connectivity index (χ4n) is 3.91. The maximum atomic E-state index is 12.3. The van der Waals surface area contributed by atoms with Crippen LogP contribution in [0.15, 0.2) is 77.2 Å². The second kappa shape index (κ2) is 8.56. The van der Waals surface area contributed by atoms with E-state index in [2.05, 4.69) is 5.32 Å². The lowest BCUT2D eigenvalue weighted by Gasteiger charge is -2.10. The van der Waals surface area contributed by atoms with Crippen molar-refractivity contribution in [2.75, 3.05) is 11.9 Å². The standard InChI is InChI=1S/C26H23NO4/c28-26(27-18-10-12-20(13-11-18)30-19-6-2-1-3-7-19)17-29-21-14-15-25-23(16-21)22-8-4-5-9-24(22)31-25/h1-3,6-7,10-16H,4-5,8-9,17H2,(H,27,28). The molecule has 0 atom stereocenters. The van der Waals surface area contributed by atoms with Crippen LogP contribution in [0, 0.1) is 0 Å². The normalized spacial score (nSPS) is 12.9. The fourth-order valence-corrected chi connectivity index (χ4v) is 3.91. The molecular weight excluding hydrogens is 390 g/mol. The molecule has 1 aromatic heterocycles. The number of benzene rings is 3. The van der Waals surface area contributed by atoms with Gasteiger partial charge in [0.05, 0.1) is 0 Å². The number of aryl methyl sites for hydroxylation is 2. The van der Waals surface area contributed by atoms with Gasteiger partial charge in [-0.05, 0) is 73.9 Å². The molecule has 0 bridgehead atoms. The number of carbonyl (C=O) groups is 1. The molecule has 1 amide bonds. The zero-order valence-electron chi connectivity index (χ0n) is 17.1. The van der Waals surface area contributed by atoms with E-state index in [4.69, 9.17) is 13.9 Å². The second-order valence-electron chi connectivity index (χ2n) is 7.65. The van der Waals surface area contributed by atoms with Crippen molar-refractivity contribution in [2.45, 2.75) is 25.7 Å². The summed E-state index contributed by atoms with van der Waals surface area (Å²) in [5.41, 5.74) is 2.86. The Kier molecular flexibility index (Phi) is 5.31. The molecule has 31 heavy (non-hydrogen) atoms. The Bertz CT molecular complexity index is 1200. The van der Waals surface area contributed by atoms with Gasteiger partial charge in [-0.15, -0.1) is 0 Å². The number of fused-ring (bicyclic) bond motifs is 3. The summed E-state index contributed by atoms with van der Waals surface area (Å²) in [4.78, 5) is 12.3. The number of anilines is 1. The van der Waals surface area contributed by atoms with Crippen LogP contribution in [0.5, 0.6) is 17.2 Å². The Morgan fingerprint density at radius 3 is 2.45 bits per heavy atom. The molecule has 0 radical (unpaired) electrons. The summed E-state index contributed by atoms with van der Waals surface area (Å²) in [6.07, 6.45) is 4.40. The van der Waals surface area contributed by atoms with Gasteiger partial charge in [0.2, 0.25) is 0 Å². The van der Waals surface area contributed by atoms with E-state index in [0.29, 0.717) is 17.2 Å². The molecule has 156 valence electrons. The van der Waals surface area contributed by atoms with E-state index >= 15 is 0 Å².